The minimum Gasteiger partial charge on any atom is -0.385 e. The van der Waals surface area contributed by atoms with Crippen molar-refractivity contribution in [3.8, 4) is 5.69 Å². The van der Waals surface area contributed by atoms with Gasteiger partial charge in [0.25, 0.3) is 0 Å². The second kappa shape index (κ2) is 7.34. The number of tetrazole rings is 1. The number of aryl methyl sites for hydroxylation is 1. The smallest absolute Gasteiger partial charge is 0.319 e. The first kappa shape index (κ1) is 14.9. The number of nitrogens with zero attached hydrogens (tertiary/aromatic N) is 4. The zero-order chi connectivity index (χ0) is 15.1. The summed E-state index contributed by atoms with van der Waals surface area (Å²) < 4.78 is 6.45. The molecule has 0 saturated heterocycles. The third-order valence-electron chi connectivity index (χ3n) is 2.89. The molecule has 0 spiro atoms. The number of ether oxygens (including phenoxy) is 1. The molecule has 21 heavy (non-hydrogen) atoms. The van der Waals surface area contributed by atoms with E-state index in [1.54, 1.807) is 7.11 Å². The monoisotopic (exact) mass is 290 g/mol. The fraction of sp³-hybridized carbons (Fsp3) is 0.385. The third kappa shape index (κ3) is 4.25. The second-order valence-electron chi connectivity index (χ2n) is 4.48. The van der Waals surface area contributed by atoms with Crippen LogP contribution >= 0.6 is 0 Å². The van der Waals surface area contributed by atoms with Gasteiger partial charge in [0.1, 0.15) is 6.33 Å². The van der Waals surface area contributed by atoms with E-state index in [0.717, 1.165) is 17.7 Å². The summed E-state index contributed by atoms with van der Waals surface area (Å²) in [5.74, 6) is 0. The van der Waals surface area contributed by atoms with Crippen molar-refractivity contribution in [1.29, 1.82) is 0 Å². The molecule has 0 atom stereocenters. The number of rotatable bonds is 6. The fourth-order valence-corrected chi connectivity index (χ4v) is 1.75. The Morgan fingerprint density at radius 3 is 3.00 bits per heavy atom. The quantitative estimate of drug-likeness (QED) is 0.778. The highest BCUT2D eigenvalue weighted by molar-refractivity contribution is 5.90. The van der Waals surface area contributed by atoms with Crippen LogP contribution in [-0.2, 0) is 4.74 Å². The summed E-state index contributed by atoms with van der Waals surface area (Å²) in [4.78, 5) is 11.8. The van der Waals surface area contributed by atoms with E-state index in [0.29, 0.717) is 18.8 Å². The number of nitrogens with one attached hydrogen (secondary N) is 2. The van der Waals surface area contributed by atoms with Crippen LogP contribution in [0.4, 0.5) is 10.5 Å². The lowest BCUT2D eigenvalue weighted by atomic mass is 10.2. The number of benzene rings is 1. The van der Waals surface area contributed by atoms with Crippen molar-refractivity contribution < 1.29 is 9.53 Å². The van der Waals surface area contributed by atoms with E-state index in [2.05, 4.69) is 26.2 Å². The molecule has 1 aromatic carbocycles. The summed E-state index contributed by atoms with van der Waals surface area (Å²) in [5.41, 5.74) is 2.45. The predicted octanol–water partition coefficient (Wildman–Crippen LogP) is 1.13. The number of hydrogen-bond donors (Lipinski definition) is 2. The summed E-state index contributed by atoms with van der Waals surface area (Å²) in [6.07, 6.45) is 2.27. The molecule has 1 aromatic heterocycles. The van der Waals surface area contributed by atoms with Gasteiger partial charge in [-0.1, -0.05) is 6.07 Å². The van der Waals surface area contributed by atoms with Crippen LogP contribution in [0.2, 0.25) is 0 Å². The molecule has 0 saturated carbocycles. The van der Waals surface area contributed by atoms with Gasteiger partial charge in [-0.05, 0) is 41.5 Å². The van der Waals surface area contributed by atoms with Crippen molar-refractivity contribution in [2.24, 2.45) is 0 Å². The SMILES string of the molecule is COCCCNC(=O)Nc1cc(-n2cnnn2)ccc1C. The average Bonchev–Trinajstić information content (AvgIpc) is 3.00. The first-order chi connectivity index (χ1) is 10.2. The highest BCUT2D eigenvalue weighted by Crippen LogP contribution is 2.18. The predicted molar refractivity (Wildman–Crippen MR) is 77.4 cm³/mol. The molecule has 2 amide bonds. The topological polar surface area (TPSA) is 94.0 Å². The van der Waals surface area contributed by atoms with Crippen molar-refractivity contribution in [2.75, 3.05) is 25.6 Å². The summed E-state index contributed by atoms with van der Waals surface area (Å²) in [5, 5.41) is 16.6. The van der Waals surface area contributed by atoms with Crippen LogP contribution in [0.25, 0.3) is 5.69 Å². The average molecular weight is 290 g/mol. The summed E-state index contributed by atoms with van der Waals surface area (Å²) in [6.45, 7) is 3.10. The van der Waals surface area contributed by atoms with E-state index in [1.165, 1.54) is 11.0 Å². The van der Waals surface area contributed by atoms with Crippen LogP contribution in [0, 0.1) is 6.92 Å². The first-order valence-electron chi connectivity index (χ1n) is 6.58. The molecule has 112 valence electrons. The number of hydrogen-bond acceptors (Lipinski definition) is 5. The van der Waals surface area contributed by atoms with Crippen LogP contribution in [0.1, 0.15) is 12.0 Å². The second-order valence-corrected chi connectivity index (χ2v) is 4.48. The van der Waals surface area contributed by atoms with E-state index in [4.69, 9.17) is 4.74 Å². The van der Waals surface area contributed by atoms with Crippen LogP contribution in [-0.4, -0.2) is 46.5 Å². The maximum Gasteiger partial charge on any atom is 0.319 e. The minimum atomic E-state index is -0.247. The van der Waals surface area contributed by atoms with Crippen molar-refractivity contribution in [1.82, 2.24) is 25.5 Å². The Labute approximate surface area is 122 Å². The van der Waals surface area contributed by atoms with E-state index in [1.807, 2.05) is 25.1 Å². The van der Waals surface area contributed by atoms with E-state index < -0.39 is 0 Å². The molecule has 1 heterocycles. The summed E-state index contributed by atoms with van der Waals surface area (Å²) >= 11 is 0. The number of amides is 2. The van der Waals surface area contributed by atoms with E-state index in [-0.39, 0.29) is 6.03 Å². The van der Waals surface area contributed by atoms with Gasteiger partial charge in [-0.2, -0.15) is 0 Å². The van der Waals surface area contributed by atoms with E-state index in [9.17, 15) is 4.79 Å². The van der Waals surface area contributed by atoms with Gasteiger partial charge >= 0.3 is 6.03 Å². The molecule has 8 nitrogen and oxygen atoms in total. The fourth-order valence-electron chi connectivity index (χ4n) is 1.75. The zero-order valence-corrected chi connectivity index (χ0v) is 12.0. The van der Waals surface area contributed by atoms with Crippen LogP contribution in [0.15, 0.2) is 24.5 Å². The largest absolute Gasteiger partial charge is 0.385 e. The number of carbonyl (C=O) groups excluding carboxylic acids is 1. The zero-order valence-electron chi connectivity index (χ0n) is 12.0. The van der Waals surface area contributed by atoms with Crippen molar-refractivity contribution >= 4 is 11.7 Å². The summed E-state index contributed by atoms with van der Waals surface area (Å²) in [6, 6.07) is 5.36. The molecule has 0 aliphatic carbocycles. The number of urea groups is 1. The van der Waals surface area contributed by atoms with Gasteiger partial charge in [0.2, 0.25) is 0 Å². The number of aromatic nitrogens is 4. The van der Waals surface area contributed by atoms with Crippen molar-refractivity contribution in [2.45, 2.75) is 13.3 Å². The van der Waals surface area contributed by atoms with Gasteiger partial charge in [0.05, 0.1) is 5.69 Å². The van der Waals surface area contributed by atoms with Crippen molar-refractivity contribution in [3.05, 3.63) is 30.1 Å². The van der Waals surface area contributed by atoms with Gasteiger partial charge in [-0.15, -0.1) is 5.10 Å². The molecular weight excluding hydrogens is 272 g/mol. The van der Waals surface area contributed by atoms with Crippen LogP contribution in [0.5, 0.6) is 0 Å². The Morgan fingerprint density at radius 1 is 1.43 bits per heavy atom. The Bertz CT molecular complexity index is 584. The molecule has 0 fully saturated rings. The highest BCUT2D eigenvalue weighted by atomic mass is 16.5. The molecule has 0 unspecified atom stereocenters. The Hall–Kier alpha value is -2.48. The van der Waals surface area contributed by atoms with Crippen LogP contribution < -0.4 is 10.6 Å². The van der Waals surface area contributed by atoms with Gasteiger partial charge < -0.3 is 15.4 Å². The maximum atomic E-state index is 11.8. The van der Waals surface area contributed by atoms with E-state index >= 15 is 0 Å². The van der Waals surface area contributed by atoms with Crippen molar-refractivity contribution in [3.63, 3.8) is 0 Å². The molecule has 0 aliphatic heterocycles. The lowest BCUT2D eigenvalue weighted by molar-refractivity contribution is 0.194. The Kier molecular flexibility index (Phi) is 5.22. The molecule has 2 aromatic rings. The molecule has 0 bridgehead atoms. The summed E-state index contributed by atoms with van der Waals surface area (Å²) in [7, 11) is 1.63. The molecule has 8 heteroatoms. The highest BCUT2D eigenvalue weighted by Gasteiger charge is 2.06. The van der Waals surface area contributed by atoms with Gasteiger partial charge in [-0.25, -0.2) is 9.48 Å². The Balaban J connectivity index is 1.99. The number of carbonyl (C=O) groups is 1. The molecule has 2 rings (SSSR count). The normalized spacial score (nSPS) is 10.4. The minimum absolute atomic E-state index is 0.247. The maximum absolute atomic E-state index is 11.8. The lowest BCUT2D eigenvalue weighted by Crippen LogP contribution is -2.30. The van der Waals surface area contributed by atoms with Crippen LogP contribution in [0.3, 0.4) is 0 Å². The lowest BCUT2D eigenvalue weighted by Gasteiger charge is -2.11. The van der Waals surface area contributed by atoms with Gasteiger partial charge in [0.15, 0.2) is 0 Å². The molecule has 0 aliphatic rings. The van der Waals surface area contributed by atoms with Gasteiger partial charge in [-0.3, -0.25) is 0 Å². The number of anilines is 1. The first-order valence-corrected chi connectivity index (χ1v) is 6.58. The standard InChI is InChI=1S/C13H18N6O2/c1-10-4-5-11(19-9-15-17-18-19)8-12(10)16-13(20)14-6-3-7-21-2/h4-5,8-9H,3,6-7H2,1-2H3,(H2,14,16,20). The molecular formula is C13H18N6O2. The Morgan fingerprint density at radius 2 is 2.29 bits per heavy atom. The third-order valence-corrected chi connectivity index (χ3v) is 2.89. The molecule has 0 radical (unpaired) electrons. The molecule has 2 N–H and O–H groups in total. The number of methoxy groups -OCH3 is 1. The van der Waals surface area contributed by atoms with Gasteiger partial charge in [0, 0.05) is 25.9 Å².